The summed E-state index contributed by atoms with van der Waals surface area (Å²) in [5.41, 5.74) is 1.67. The van der Waals surface area contributed by atoms with Gasteiger partial charge in [-0.1, -0.05) is 35.3 Å². The van der Waals surface area contributed by atoms with Crippen LogP contribution in [0.4, 0.5) is 5.82 Å². The highest BCUT2D eigenvalue weighted by molar-refractivity contribution is 7.13. The Labute approximate surface area is 141 Å². The van der Waals surface area contributed by atoms with Gasteiger partial charge in [-0.2, -0.15) is 5.10 Å². The molecule has 7 heteroatoms. The Morgan fingerprint density at radius 1 is 1.23 bits per heavy atom. The average molecular weight is 352 g/mol. The van der Waals surface area contributed by atoms with Crippen LogP contribution < -0.4 is 5.32 Å². The third-order valence-corrected chi connectivity index (χ3v) is 4.62. The van der Waals surface area contributed by atoms with Crippen LogP contribution in [0.15, 0.2) is 41.8 Å². The molecule has 0 saturated heterocycles. The number of halogens is 2. The maximum absolute atomic E-state index is 12.0. The summed E-state index contributed by atoms with van der Waals surface area (Å²) < 4.78 is 0. The van der Waals surface area contributed by atoms with Crippen molar-refractivity contribution in [3.63, 3.8) is 0 Å². The molecule has 0 aliphatic heterocycles. The van der Waals surface area contributed by atoms with E-state index in [2.05, 4.69) is 15.5 Å². The van der Waals surface area contributed by atoms with Crippen molar-refractivity contribution in [2.45, 2.75) is 6.42 Å². The minimum atomic E-state index is -0.164. The third-order valence-electron chi connectivity index (χ3n) is 2.98. The lowest BCUT2D eigenvalue weighted by atomic mass is 10.1. The number of rotatable bonds is 4. The zero-order valence-electron chi connectivity index (χ0n) is 11.3. The zero-order valence-corrected chi connectivity index (χ0v) is 13.6. The highest BCUT2D eigenvalue weighted by Gasteiger charge is 2.09. The first-order valence-corrected chi connectivity index (χ1v) is 8.08. The van der Waals surface area contributed by atoms with Crippen LogP contribution >= 0.6 is 34.5 Å². The van der Waals surface area contributed by atoms with Gasteiger partial charge in [-0.25, -0.2) is 0 Å². The van der Waals surface area contributed by atoms with Crippen LogP contribution in [0.5, 0.6) is 0 Å². The SMILES string of the molecule is O=C(Cc1ccc(Cl)c(Cl)c1)Nc1cc(-c2cccs2)[nH]n1. The summed E-state index contributed by atoms with van der Waals surface area (Å²) in [4.78, 5) is 13.1. The van der Waals surface area contributed by atoms with E-state index in [-0.39, 0.29) is 12.3 Å². The molecule has 2 aromatic heterocycles. The Kier molecular flexibility index (Phi) is 4.47. The molecule has 22 heavy (non-hydrogen) atoms. The molecule has 3 aromatic rings. The number of benzene rings is 1. The molecular formula is C15H11Cl2N3OS. The molecule has 0 fully saturated rings. The Hall–Kier alpha value is -1.82. The Bertz CT molecular complexity index is 799. The van der Waals surface area contributed by atoms with Crippen molar-refractivity contribution >= 4 is 46.3 Å². The lowest BCUT2D eigenvalue weighted by Gasteiger charge is -2.03. The predicted octanol–water partition coefficient (Wildman–Crippen LogP) is 4.63. The highest BCUT2D eigenvalue weighted by atomic mass is 35.5. The molecular weight excluding hydrogens is 341 g/mol. The number of anilines is 1. The van der Waals surface area contributed by atoms with E-state index in [9.17, 15) is 4.79 Å². The largest absolute Gasteiger partial charge is 0.309 e. The first kappa shape index (κ1) is 15.1. The minimum absolute atomic E-state index is 0.164. The maximum atomic E-state index is 12.0. The quantitative estimate of drug-likeness (QED) is 0.719. The fourth-order valence-corrected chi connectivity index (χ4v) is 2.98. The summed E-state index contributed by atoms with van der Waals surface area (Å²) >= 11 is 13.4. The molecule has 0 atom stereocenters. The second-order valence-electron chi connectivity index (χ2n) is 4.62. The first-order chi connectivity index (χ1) is 10.6. The van der Waals surface area contributed by atoms with Gasteiger partial charge >= 0.3 is 0 Å². The molecule has 4 nitrogen and oxygen atoms in total. The Morgan fingerprint density at radius 2 is 2.09 bits per heavy atom. The van der Waals surface area contributed by atoms with Gasteiger partial charge in [0.25, 0.3) is 0 Å². The van der Waals surface area contributed by atoms with E-state index in [0.717, 1.165) is 16.1 Å². The number of hydrogen-bond donors (Lipinski definition) is 2. The van der Waals surface area contributed by atoms with Crippen molar-refractivity contribution in [2.24, 2.45) is 0 Å². The molecule has 2 N–H and O–H groups in total. The van der Waals surface area contributed by atoms with E-state index < -0.39 is 0 Å². The van der Waals surface area contributed by atoms with Gasteiger partial charge < -0.3 is 5.32 Å². The monoisotopic (exact) mass is 351 g/mol. The fourth-order valence-electron chi connectivity index (χ4n) is 1.97. The van der Waals surface area contributed by atoms with Crippen LogP contribution in [-0.2, 0) is 11.2 Å². The number of aromatic amines is 1. The molecule has 112 valence electrons. The molecule has 0 saturated carbocycles. The van der Waals surface area contributed by atoms with Gasteiger partial charge in [0.15, 0.2) is 5.82 Å². The number of nitrogens with zero attached hydrogens (tertiary/aromatic N) is 1. The summed E-state index contributed by atoms with van der Waals surface area (Å²) in [6.07, 6.45) is 0.206. The standard InChI is InChI=1S/C15H11Cl2N3OS/c16-10-4-3-9(6-11(10)17)7-15(21)18-14-8-12(19-20-14)13-2-1-5-22-13/h1-6,8H,7H2,(H2,18,19,20,21). The molecule has 2 heterocycles. The van der Waals surface area contributed by atoms with Gasteiger partial charge in [-0.15, -0.1) is 11.3 Å². The van der Waals surface area contributed by atoms with E-state index in [0.29, 0.717) is 15.9 Å². The van der Waals surface area contributed by atoms with Crippen LogP contribution in [0.25, 0.3) is 10.6 Å². The molecule has 0 unspecified atom stereocenters. The van der Waals surface area contributed by atoms with E-state index in [1.54, 1.807) is 35.6 Å². The minimum Gasteiger partial charge on any atom is -0.309 e. The van der Waals surface area contributed by atoms with Gasteiger partial charge in [-0.05, 0) is 29.1 Å². The van der Waals surface area contributed by atoms with Crippen molar-refractivity contribution in [1.29, 1.82) is 0 Å². The van der Waals surface area contributed by atoms with E-state index in [4.69, 9.17) is 23.2 Å². The first-order valence-electron chi connectivity index (χ1n) is 6.45. The van der Waals surface area contributed by atoms with Crippen LogP contribution in [0.2, 0.25) is 10.0 Å². The Balaban J connectivity index is 1.65. The van der Waals surface area contributed by atoms with Gasteiger partial charge in [0, 0.05) is 6.07 Å². The number of thiophene rings is 1. The molecule has 0 bridgehead atoms. The van der Waals surface area contributed by atoms with E-state index in [1.165, 1.54) is 0 Å². The van der Waals surface area contributed by atoms with Gasteiger partial charge in [0.05, 0.1) is 27.0 Å². The topological polar surface area (TPSA) is 57.8 Å². The number of carbonyl (C=O) groups is 1. The number of nitrogens with one attached hydrogen (secondary N) is 2. The fraction of sp³-hybridized carbons (Fsp3) is 0.0667. The second-order valence-corrected chi connectivity index (χ2v) is 6.38. The number of hydrogen-bond acceptors (Lipinski definition) is 3. The van der Waals surface area contributed by atoms with Crippen LogP contribution in [-0.4, -0.2) is 16.1 Å². The van der Waals surface area contributed by atoms with Crippen molar-refractivity contribution < 1.29 is 4.79 Å². The average Bonchev–Trinajstić information content (AvgIpc) is 3.13. The predicted molar refractivity (Wildman–Crippen MR) is 90.7 cm³/mol. The van der Waals surface area contributed by atoms with Gasteiger partial charge in [-0.3, -0.25) is 9.89 Å². The van der Waals surface area contributed by atoms with Crippen LogP contribution in [0, 0.1) is 0 Å². The van der Waals surface area contributed by atoms with Crippen molar-refractivity contribution in [2.75, 3.05) is 5.32 Å². The normalized spacial score (nSPS) is 10.6. The van der Waals surface area contributed by atoms with Crippen molar-refractivity contribution in [3.8, 4) is 10.6 Å². The summed E-state index contributed by atoms with van der Waals surface area (Å²) in [6.45, 7) is 0. The summed E-state index contributed by atoms with van der Waals surface area (Å²) in [5, 5.41) is 12.6. The Morgan fingerprint density at radius 3 is 2.82 bits per heavy atom. The summed E-state index contributed by atoms with van der Waals surface area (Å²) in [7, 11) is 0. The molecule has 1 aromatic carbocycles. The van der Waals surface area contributed by atoms with Gasteiger partial charge in [0.2, 0.25) is 5.91 Å². The highest BCUT2D eigenvalue weighted by Crippen LogP contribution is 2.25. The van der Waals surface area contributed by atoms with E-state index in [1.807, 2.05) is 17.5 Å². The molecule has 0 spiro atoms. The second kappa shape index (κ2) is 6.52. The summed E-state index contributed by atoms with van der Waals surface area (Å²) in [6, 6.07) is 10.9. The maximum Gasteiger partial charge on any atom is 0.229 e. The summed E-state index contributed by atoms with van der Waals surface area (Å²) in [5.74, 6) is 0.330. The zero-order chi connectivity index (χ0) is 15.5. The number of aromatic nitrogens is 2. The van der Waals surface area contributed by atoms with E-state index >= 15 is 0 Å². The lowest BCUT2D eigenvalue weighted by Crippen LogP contribution is -2.14. The third kappa shape index (κ3) is 3.50. The van der Waals surface area contributed by atoms with Gasteiger partial charge in [0.1, 0.15) is 0 Å². The smallest absolute Gasteiger partial charge is 0.229 e. The van der Waals surface area contributed by atoms with Crippen molar-refractivity contribution in [3.05, 3.63) is 57.4 Å². The number of H-pyrrole nitrogens is 1. The molecule has 0 radical (unpaired) electrons. The number of carbonyl (C=O) groups excluding carboxylic acids is 1. The van der Waals surface area contributed by atoms with Crippen LogP contribution in [0.1, 0.15) is 5.56 Å². The lowest BCUT2D eigenvalue weighted by molar-refractivity contribution is -0.115. The molecule has 0 aliphatic rings. The van der Waals surface area contributed by atoms with Crippen LogP contribution in [0.3, 0.4) is 0 Å². The molecule has 0 aliphatic carbocycles. The molecule has 1 amide bonds. The molecule has 3 rings (SSSR count). The number of amides is 1. The van der Waals surface area contributed by atoms with Crippen molar-refractivity contribution in [1.82, 2.24) is 10.2 Å².